The highest BCUT2D eigenvalue weighted by atomic mass is 16.7. The number of hydrogen-bond donors (Lipinski definition) is 5. The van der Waals surface area contributed by atoms with E-state index in [9.17, 15) is 39.6 Å². The second-order valence-electron chi connectivity index (χ2n) is 24.0. The number of methoxy groups -OCH3 is 2. The molecule has 4 heterocycles. The second kappa shape index (κ2) is 27.6. The summed E-state index contributed by atoms with van der Waals surface area (Å²) in [7, 11) is 8.70. The quantitative estimate of drug-likeness (QED) is 0.0902. The number of hydrogen-bond acceptors (Lipinski definition) is 19. The fourth-order valence-electron chi connectivity index (χ4n) is 12.4. The number of alkyl carbamates (subject to hydrolysis) is 1. The first-order valence-corrected chi connectivity index (χ1v) is 28.6. The predicted octanol–water partition coefficient (Wildman–Crippen LogP) is 5.12. The smallest absolute Gasteiger partial charge is 0.407 e. The molecule has 0 bridgehead atoms. The van der Waals surface area contributed by atoms with Gasteiger partial charge in [0.25, 0.3) is 0 Å². The van der Waals surface area contributed by atoms with Gasteiger partial charge in [-0.2, -0.15) is 0 Å². The third-order valence-corrected chi connectivity index (χ3v) is 17.0. The van der Waals surface area contributed by atoms with Crippen LogP contribution in [0.4, 0.5) is 4.79 Å². The molecule has 4 fully saturated rings. The van der Waals surface area contributed by atoms with Crippen LogP contribution in [0.5, 0.6) is 5.75 Å². The van der Waals surface area contributed by atoms with Gasteiger partial charge in [-0.15, -0.1) is 0 Å². The highest BCUT2D eigenvalue weighted by Gasteiger charge is 2.54. The number of aromatic carboxylic acids is 1. The van der Waals surface area contributed by atoms with E-state index in [0.29, 0.717) is 30.7 Å². The number of aromatic nitrogens is 1. The molecular weight excluding hydrogens is 1040 g/mol. The number of ether oxygens (including phenoxy) is 10. The molecule has 0 spiro atoms. The van der Waals surface area contributed by atoms with Gasteiger partial charge in [0, 0.05) is 70.6 Å². The minimum atomic E-state index is -1.64. The summed E-state index contributed by atoms with van der Waals surface area (Å²) in [5, 5.41) is 49.5. The van der Waals surface area contributed by atoms with Gasteiger partial charge in [-0.3, -0.25) is 9.59 Å². The minimum absolute atomic E-state index is 0.0330. The van der Waals surface area contributed by atoms with Gasteiger partial charge >= 0.3 is 18.0 Å². The minimum Gasteiger partial charge on any atom is -0.491 e. The summed E-state index contributed by atoms with van der Waals surface area (Å²) >= 11 is 0. The maximum atomic E-state index is 14.7. The van der Waals surface area contributed by atoms with Crippen molar-refractivity contribution in [3.05, 3.63) is 40.2 Å². The van der Waals surface area contributed by atoms with E-state index in [4.69, 9.17) is 47.4 Å². The third-order valence-electron chi connectivity index (χ3n) is 17.0. The summed E-state index contributed by atoms with van der Waals surface area (Å²) < 4.78 is 64.4. The largest absolute Gasteiger partial charge is 0.491 e. The molecule has 1 saturated carbocycles. The molecule has 6 rings (SSSR count). The number of nitrogens with one attached hydrogen (secondary N) is 1. The number of aliphatic hydroxyl groups excluding tert-OH is 1. The molecule has 3 aliphatic heterocycles. The van der Waals surface area contributed by atoms with Crippen molar-refractivity contribution in [1.82, 2.24) is 19.7 Å². The third kappa shape index (κ3) is 15.4. The van der Waals surface area contributed by atoms with E-state index >= 15 is 0 Å². The Morgan fingerprint density at radius 3 is 2.25 bits per heavy atom. The number of carbonyl (C=O) groups excluding carboxylic acids is 2. The zero-order chi connectivity index (χ0) is 59.2. The number of esters is 1. The topological polar surface area (TPSA) is 265 Å². The monoisotopic (exact) mass is 1130 g/mol. The van der Waals surface area contributed by atoms with Gasteiger partial charge in [0.15, 0.2) is 18.7 Å². The number of carboxylic acid groups (broad SMARTS) is 1. The van der Waals surface area contributed by atoms with Gasteiger partial charge in [-0.1, -0.05) is 20.8 Å². The van der Waals surface area contributed by atoms with E-state index in [1.807, 2.05) is 65.2 Å². The van der Waals surface area contributed by atoms with Gasteiger partial charge in [0.05, 0.1) is 53.4 Å². The fraction of sp³-hybridized carbons (Fsp3) is 0.793. The van der Waals surface area contributed by atoms with Crippen molar-refractivity contribution in [2.24, 2.45) is 17.8 Å². The molecule has 3 saturated heterocycles. The van der Waals surface area contributed by atoms with E-state index < -0.39 is 107 Å². The van der Waals surface area contributed by atoms with Crippen LogP contribution in [0.15, 0.2) is 29.2 Å². The summed E-state index contributed by atoms with van der Waals surface area (Å²) in [5.41, 5.74) is -4.61. The summed E-state index contributed by atoms with van der Waals surface area (Å²) in [6.45, 7) is 19.4. The molecule has 18 atom stereocenters. The summed E-state index contributed by atoms with van der Waals surface area (Å²) in [4.78, 5) is 56.9. The first kappa shape index (κ1) is 65.1. The first-order chi connectivity index (χ1) is 37.6. The molecular formula is C58H94N4O18. The molecule has 22 heteroatoms. The van der Waals surface area contributed by atoms with Crippen LogP contribution in [0.3, 0.4) is 0 Å². The Hall–Kier alpha value is -4.04. The zero-order valence-corrected chi connectivity index (χ0v) is 49.9. The highest BCUT2D eigenvalue weighted by molar-refractivity contribution is 5.93. The number of fused-ring (bicyclic) bond motifs is 1. The Balaban J connectivity index is 1.13. The molecule has 0 radical (unpaired) electrons. The van der Waals surface area contributed by atoms with E-state index in [2.05, 4.69) is 10.2 Å². The lowest BCUT2D eigenvalue weighted by Gasteiger charge is -2.49. The standard InChI is InChI=1S/C58H94N4O18/c1-16-44-58(10,70)50(71-14)36(6)61(13)30-32(2)28-56(8,69)49(79-54-47(64)43(60(11)12)26-33(3)75-54)34(4)48(35(5)53(67)77-44)78-45-29-57(9,72-15)51(37(7)76-45)80-55(68)59-22-17-23-73-24-25-74-39-20-21-42-40(27-39)46(63)41(52(65)66)31-62(42)38-18-19-38/h20-21,27,31-38,43-45,47-51,54,64,69-70H,16-19,22-26,28-30H2,1-15H3,(H,59,68)(H,65,66)/t32-,33-,34+,35-,36-,37+,43+,44-,45+,47-,48+,49-,50-,51+,54+,56-,57-,58-/m1/s1. The Labute approximate surface area is 471 Å². The van der Waals surface area contributed by atoms with E-state index in [1.54, 1.807) is 52.8 Å². The first-order valence-electron chi connectivity index (χ1n) is 28.6. The number of aliphatic hydroxyl groups is 3. The number of rotatable bonds is 19. The van der Waals surface area contributed by atoms with Crippen molar-refractivity contribution >= 4 is 28.9 Å². The van der Waals surface area contributed by atoms with Crippen LogP contribution in [0, 0.1) is 17.8 Å². The van der Waals surface area contributed by atoms with Crippen LogP contribution in [-0.4, -0.2) is 211 Å². The Morgan fingerprint density at radius 2 is 1.62 bits per heavy atom. The lowest BCUT2D eigenvalue weighted by molar-refractivity contribution is -0.317. The predicted molar refractivity (Wildman–Crippen MR) is 296 cm³/mol. The lowest BCUT2D eigenvalue weighted by atomic mass is 9.77. The van der Waals surface area contributed by atoms with Crippen molar-refractivity contribution in [3.63, 3.8) is 0 Å². The van der Waals surface area contributed by atoms with Crippen LogP contribution in [0.25, 0.3) is 10.9 Å². The highest BCUT2D eigenvalue weighted by Crippen LogP contribution is 2.42. The zero-order valence-electron chi connectivity index (χ0n) is 49.9. The maximum absolute atomic E-state index is 14.7. The molecule has 1 aliphatic carbocycles. The van der Waals surface area contributed by atoms with E-state index in [1.165, 1.54) is 20.4 Å². The van der Waals surface area contributed by atoms with Crippen molar-refractivity contribution < 1.29 is 82.2 Å². The van der Waals surface area contributed by atoms with Crippen molar-refractivity contribution in [1.29, 1.82) is 0 Å². The summed E-state index contributed by atoms with van der Waals surface area (Å²) in [5.74, 6) is -3.59. The van der Waals surface area contributed by atoms with Crippen molar-refractivity contribution in [3.8, 4) is 5.75 Å². The molecule has 22 nitrogen and oxygen atoms in total. The number of benzene rings is 1. The Morgan fingerprint density at radius 1 is 0.925 bits per heavy atom. The van der Waals surface area contributed by atoms with Gasteiger partial charge in [0.2, 0.25) is 5.43 Å². The molecule has 0 unspecified atom stereocenters. The van der Waals surface area contributed by atoms with Crippen molar-refractivity contribution in [2.75, 3.05) is 68.3 Å². The summed E-state index contributed by atoms with van der Waals surface area (Å²) in [6, 6.07) is 4.57. The average Bonchev–Trinajstić information content (AvgIpc) is 4.36. The molecule has 1 amide bonds. The average molecular weight is 1140 g/mol. The second-order valence-corrected chi connectivity index (χ2v) is 24.0. The maximum Gasteiger partial charge on any atom is 0.407 e. The number of cyclic esters (lactones) is 1. The number of amides is 1. The molecule has 1 aromatic carbocycles. The molecule has 2 aromatic rings. The molecule has 80 heavy (non-hydrogen) atoms. The number of nitrogens with zero attached hydrogens (tertiary/aromatic N) is 3. The lowest BCUT2D eigenvalue weighted by Crippen LogP contribution is -2.61. The Kier molecular flexibility index (Phi) is 22.4. The van der Waals surface area contributed by atoms with Crippen molar-refractivity contribution in [2.45, 2.75) is 211 Å². The van der Waals surface area contributed by atoms with Crippen LogP contribution in [0.2, 0.25) is 0 Å². The number of carboxylic acids is 1. The number of pyridine rings is 1. The SMILES string of the molecule is CC[C@H]1OC(=O)[C@H](C)[C@@H](O[C@H]2C[C@@](C)(OC)[C@@H](OC(=O)NCCCOCCOc3ccc4c(c3)c(=O)c(C(=O)O)cn4C3CC3)[C@H](C)O2)[C@H](C)[C@@H](O[C@@H]2O[C@H](C)C[C@H](N(C)C)[C@H]2O)[C@](C)(O)C[C@@H](C)CN(C)[C@H](C)[C@@H](OC)[C@]1(C)O. The molecule has 4 aliphatic rings. The van der Waals surface area contributed by atoms with E-state index in [0.717, 1.165) is 12.8 Å². The van der Waals surface area contributed by atoms with Gasteiger partial charge < -0.3 is 87.5 Å². The van der Waals surface area contributed by atoms with Crippen LogP contribution < -0.4 is 15.5 Å². The Bertz CT molecular complexity index is 2440. The van der Waals surface area contributed by atoms with E-state index in [-0.39, 0.29) is 86.7 Å². The molecule has 1 aromatic heterocycles. The van der Waals surface area contributed by atoms with Crippen LogP contribution in [-0.2, 0) is 47.4 Å². The molecule has 454 valence electrons. The number of likely N-dealkylation sites (N-methyl/N-ethyl adjacent to an activating group) is 2. The summed E-state index contributed by atoms with van der Waals surface area (Å²) in [6.07, 6.45) is -5.30. The number of carbonyl (C=O) groups is 3. The fourth-order valence-corrected chi connectivity index (χ4v) is 12.4. The van der Waals surface area contributed by atoms with Crippen LogP contribution >= 0.6 is 0 Å². The molecule has 5 N–H and O–H groups in total. The van der Waals surface area contributed by atoms with Gasteiger partial charge in [0.1, 0.15) is 47.4 Å². The van der Waals surface area contributed by atoms with Gasteiger partial charge in [-0.05, 0) is 132 Å². The van der Waals surface area contributed by atoms with Crippen LogP contribution in [0.1, 0.15) is 131 Å². The normalized spacial score (nSPS) is 37.1. The van der Waals surface area contributed by atoms with Gasteiger partial charge in [-0.25, -0.2) is 9.59 Å².